The van der Waals surface area contributed by atoms with E-state index in [-0.39, 0.29) is 10.4 Å². The molecule has 0 aliphatic carbocycles. The van der Waals surface area contributed by atoms with Gasteiger partial charge in [0.15, 0.2) is 4.96 Å². The third kappa shape index (κ3) is 3.46. The predicted octanol–water partition coefficient (Wildman–Crippen LogP) is 5.16. The first-order chi connectivity index (χ1) is 14.5. The fourth-order valence-corrected chi connectivity index (χ4v) is 4.46. The smallest absolute Gasteiger partial charge is 0.348 e. The number of hydrogen-bond acceptors (Lipinski definition) is 4. The molecule has 1 N–H and O–H groups in total. The molecular weight excluding hydrogens is 396 g/mol. The lowest BCUT2D eigenvalue weighted by Gasteiger charge is -2.07. The molecule has 0 saturated carbocycles. The number of nitrogens with zero attached hydrogens (tertiary/aromatic N) is 2. The highest BCUT2D eigenvalue weighted by Crippen LogP contribution is 2.31. The summed E-state index contributed by atoms with van der Waals surface area (Å²) < 4.78 is 1.44. The van der Waals surface area contributed by atoms with Crippen molar-refractivity contribution in [2.24, 2.45) is 0 Å². The van der Waals surface area contributed by atoms with Crippen molar-refractivity contribution < 1.29 is 9.90 Å². The van der Waals surface area contributed by atoms with Crippen molar-refractivity contribution in [1.82, 2.24) is 9.38 Å². The Hall–Kier alpha value is -3.51. The molecule has 30 heavy (non-hydrogen) atoms. The molecule has 0 bridgehead atoms. The lowest BCUT2D eigenvalue weighted by molar-refractivity contribution is 0.0702. The number of aryl methyl sites for hydroxylation is 1. The number of fused-ring (bicyclic) bond motifs is 1. The fourth-order valence-electron chi connectivity index (χ4n) is 3.47. The van der Waals surface area contributed by atoms with Crippen molar-refractivity contribution in [2.45, 2.75) is 20.3 Å². The van der Waals surface area contributed by atoms with Crippen LogP contribution in [0.5, 0.6) is 0 Å². The Morgan fingerprint density at radius 1 is 1.10 bits per heavy atom. The minimum absolute atomic E-state index is 0.105. The third-order valence-electron chi connectivity index (χ3n) is 5.01. The molecule has 0 amide bonds. The van der Waals surface area contributed by atoms with E-state index in [4.69, 9.17) is 0 Å². The van der Waals surface area contributed by atoms with Crippen LogP contribution in [0.4, 0.5) is 0 Å². The van der Waals surface area contributed by atoms with E-state index in [9.17, 15) is 14.7 Å². The van der Waals surface area contributed by atoms with Crippen molar-refractivity contribution in [3.8, 4) is 11.3 Å². The molecule has 0 radical (unpaired) electrons. The minimum Gasteiger partial charge on any atom is -0.477 e. The summed E-state index contributed by atoms with van der Waals surface area (Å²) >= 11 is 1.02. The SMILES string of the molecule is CCc1c(C=Cc2ccccc2C)nc2sc(C(=O)O)c(-c3ccccc3)n2c1=O. The quantitative estimate of drug-likeness (QED) is 0.488. The van der Waals surface area contributed by atoms with Gasteiger partial charge in [0, 0.05) is 11.1 Å². The second-order valence-corrected chi connectivity index (χ2v) is 7.87. The standard InChI is InChI=1S/C24H20N2O3S/c1-3-18-19(14-13-16-10-8-7-9-15(16)2)25-24-26(22(18)27)20(21(30-24)23(28)29)17-11-5-4-6-12-17/h4-14H,3H2,1-2H3,(H,28,29). The van der Waals surface area contributed by atoms with Crippen LogP contribution in [0.15, 0.2) is 59.4 Å². The van der Waals surface area contributed by atoms with E-state index < -0.39 is 5.97 Å². The van der Waals surface area contributed by atoms with Gasteiger partial charge in [-0.2, -0.15) is 0 Å². The van der Waals surface area contributed by atoms with Gasteiger partial charge in [-0.05, 0) is 30.5 Å². The van der Waals surface area contributed by atoms with Crippen LogP contribution in [0.2, 0.25) is 0 Å². The first kappa shape index (κ1) is 19.8. The van der Waals surface area contributed by atoms with Crippen LogP contribution in [-0.4, -0.2) is 20.5 Å². The monoisotopic (exact) mass is 416 g/mol. The van der Waals surface area contributed by atoms with E-state index in [0.29, 0.717) is 33.9 Å². The van der Waals surface area contributed by atoms with Crippen LogP contribution >= 0.6 is 11.3 Å². The molecule has 0 saturated heterocycles. The highest BCUT2D eigenvalue weighted by molar-refractivity contribution is 7.19. The molecule has 0 aliphatic rings. The number of aromatic nitrogens is 2. The molecule has 5 nitrogen and oxygen atoms in total. The number of rotatable bonds is 5. The number of hydrogen-bond donors (Lipinski definition) is 1. The van der Waals surface area contributed by atoms with Gasteiger partial charge in [0.25, 0.3) is 5.56 Å². The number of carboxylic acid groups (broad SMARTS) is 1. The van der Waals surface area contributed by atoms with Crippen molar-refractivity contribution in [3.63, 3.8) is 0 Å². The molecule has 0 atom stereocenters. The first-order valence-electron chi connectivity index (χ1n) is 9.62. The summed E-state index contributed by atoms with van der Waals surface area (Å²) in [5.74, 6) is -1.07. The van der Waals surface area contributed by atoms with Crippen LogP contribution < -0.4 is 5.56 Å². The molecular formula is C24H20N2O3S. The average molecular weight is 417 g/mol. The molecule has 0 fully saturated rings. The molecule has 150 valence electrons. The Morgan fingerprint density at radius 3 is 2.47 bits per heavy atom. The lowest BCUT2D eigenvalue weighted by atomic mass is 10.1. The largest absolute Gasteiger partial charge is 0.477 e. The van der Waals surface area contributed by atoms with E-state index in [1.165, 1.54) is 4.40 Å². The summed E-state index contributed by atoms with van der Waals surface area (Å²) in [6, 6.07) is 17.1. The van der Waals surface area contributed by atoms with E-state index >= 15 is 0 Å². The van der Waals surface area contributed by atoms with E-state index in [1.54, 1.807) is 12.1 Å². The first-order valence-corrected chi connectivity index (χ1v) is 10.4. The van der Waals surface area contributed by atoms with Crippen molar-refractivity contribution in [1.29, 1.82) is 0 Å². The van der Waals surface area contributed by atoms with Crippen LogP contribution in [0, 0.1) is 6.92 Å². The Balaban J connectivity index is 1.97. The van der Waals surface area contributed by atoms with Gasteiger partial charge >= 0.3 is 5.97 Å². The topological polar surface area (TPSA) is 71.7 Å². The highest BCUT2D eigenvalue weighted by atomic mass is 32.1. The van der Waals surface area contributed by atoms with Gasteiger partial charge in [-0.1, -0.05) is 78.9 Å². The van der Waals surface area contributed by atoms with Crippen LogP contribution in [0.1, 0.15) is 39.0 Å². The van der Waals surface area contributed by atoms with Crippen molar-refractivity contribution in [3.05, 3.63) is 92.2 Å². The molecule has 2 aromatic carbocycles. The van der Waals surface area contributed by atoms with E-state index in [2.05, 4.69) is 4.98 Å². The maximum Gasteiger partial charge on any atom is 0.348 e. The van der Waals surface area contributed by atoms with Gasteiger partial charge in [0.05, 0.1) is 11.4 Å². The van der Waals surface area contributed by atoms with Gasteiger partial charge in [-0.3, -0.25) is 4.79 Å². The maximum absolute atomic E-state index is 13.4. The molecule has 0 spiro atoms. The minimum atomic E-state index is -1.07. The zero-order valence-corrected chi connectivity index (χ0v) is 17.4. The summed E-state index contributed by atoms with van der Waals surface area (Å²) in [5.41, 5.74) is 4.13. The van der Waals surface area contributed by atoms with Crippen molar-refractivity contribution >= 4 is 34.4 Å². The van der Waals surface area contributed by atoms with E-state index in [1.807, 2.05) is 68.5 Å². The fraction of sp³-hybridized carbons (Fsp3) is 0.125. The summed E-state index contributed by atoms with van der Waals surface area (Å²) in [5, 5.41) is 9.75. The van der Waals surface area contributed by atoms with E-state index in [0.717, 1.165) is 22.5 Å². The number of carboxylic acids is 1. The Morgan fingerprint density at radius 2 is 1.80 bits per heavy atom. The Kier molecular flexibility index (Phi) is 5.33. The summed E-state index contributed by atoms with van der Waals surface area (Å²) in [6.45, 7) is 3.93. The molecule has 4 rings (SSSR count). The third-order valence-corrected chi connectivity index (χ3v) is 6.04. The van der Waals surface area contributed by atoms with Crippen molar-refractivity contribution in [2.75, 3.05) is 0 Å². The second-order valence-electron chi connectivity index (χ2n) is 6.89. The van der Waals surface area contributed by atoms with Crippen LogP contribution in [-0.2, 0) is 6.42 Å². The molecule has 2 heterocycles. The van der Waals surface area contributed by atoms with Gasteiger partial charge in [-0.15, -0.1) is 0 Å². The van der Waals surface area contributed by atoms with Gasteiger partial charge < -0.3 is 5.11 Å². The zero-order valence-electron chi connectivity index (χ0n) is 16.6. The highest BCUT2D eigenvalue weighted by Gasteiger charge is 2.23. The maximum atomic E-state index is 13.4. The number of thiazole rings is 1. The zero-order chi connectivity index (χ0) is 21.3. The van der Waals surface area contributed by atoms with Gasteiger partial charge in [0.1, 0.15) is 4.88 Å². The van der Waals surface area contributed by atoms with Gasteiger partial charge in [-0.25, -0.2) is 14.2 Å². The van der Waals surface area contributed by atoms with Crippen LogP contribution in [0.3, 0.4) is 0 Å². The Bertz CT molecular complexity index is 1330. The molecule has 4 aromatic rings. The number of carbonyl (C=O) groups is 1. The van der Waals surface area contributed by atoms with Gasteiger partial charge in [0.2, 0.25) is 0 Å². The number of benzene rings is 2. The molecule has 0 unspecified atom stereocenters. The second kappa shape index (κ2) is 8.08. The van der Waals surface area contributed by atoms with Crippen LogP contribution in [0.25, 0.3) is 28.4 Å². The summed E-state index contributed by atoms with van der Waals surface area (Å²) in [7, 11) is 0. The molecule has 0 aliphatic heterocycles. The number of aromatic carboxylic acids is 1. The Labute approximate surface area is 177 Å². The average Bonchev–Trinajstić information content (AvgIpc) is 3.14. The molecule has 6 heteroatoms. The lowest BCUT2D eigenvalue weighted by Crippen LogP contribution is -2.21. The summed E-state index contributed by atoms with van der Waals surface area (Å²) in [6.07, 6.45) is 4.27. The summed E-state index contributed by atoms with van der Waals surface area (Å²) in [4.78, 5) is 30.5. The predicted molar refractivity (Wildman–Crippen MR) is 121 cm³/mol. The molecule has 2 aromatic heterocycles. The normalized spacial score (nSPS) is 11.4.